The lowest BCUT2D eigenvalue weighted by atomic mass is 10.3. The smallest absolute Gasteiger partial charge is 0.224 e. The summed E-state index contributed by atoms with van der Waals surface area (Å²) in [6.07, 6.45) is 1.68. The van der Waals surface area contributed by atoms with Gasteiger partial charge in [0.25, 0.3) is 0 Å². The van der Waals surface area contributed by atoms with Gasteiger partial charge in [0.1, 0.15) is 11.6 Å². The molecule has 0 saturated carbocycles. The number of rotatable bonds is 6. The predicted octanol–water partition coefficient (Wildman–Crippen LogP) is 3.79. The molecule has 20 heavy (non-hydrogen) atoms. The monoisotopic (exact) mass is 275 g/mol. The van der Waals surface area contributed by atoms with Gasteiger partial charge >= 0.3 is 0 Å². The summed E-state index contributed by atoms with van der Waals surface area (Å²) in [5, 5.41) is 3.18. The number of benzene rings is 1. The highest BCUT2D eigenvalue weighted by atomic mass is 19.1. The summed E-state index contributed by atoms with van der Waals surface area (Å²) in [5.74, 6) is 1.46. The molecule has 0 atom stereocenters. The largest absolute Gasteiger partial charge is 0.436 e. The van der Waals surface area contributed by atoms with E-state index in [4.69, 9.17) is 4.74 Å². The van der Waals surface area contributed by atoms with E-state index in [1.165, 1.54) is 6.07 Å². The van der Waals surface area contributed by atoms with Crippen molar-refractivity contribution in [2.75, 3.05) is 11.9 Å². The summed E-state index contributed by atoms with van der Waals surface area (Å²) in [6.45, 7) is 4.86. The molecule has 0 amide bonds. The number of nitrogens with zero attached hydrogens (tertiary/aromatic N) is 2. The fraction of sp³-hybridized carbons (Fsp3) is 0.333. The van der Waals surface area contributed by atoms with Crippen molar-refractivity contribution >= 4 is 5.82 Å². The van der Waals surface area contributed by atoms with Crippen LogP contribution in [0, 0.1) is 5.82 Å². The molecule has 5 heteroatoms. The summed E-state index contributed by atoms with van der Waals surface area (Å²) in [5.41, 5.74) is 0. The Kier molecular flexibility index (Phi) is 4.87. The number of aromatic nitrogens is 2. The minimum atomic E-state index is -0.410. The van der Waals surface area contributed by atoms with Crippen LogP contribution in [0.4, 0.5) is 10.2 Å². The average Bonchev–Trinajstić information content (AvgIpc) is 2.47. The molecule has 1 aromatic carbocycles. The Hall–Kier alpha value is -2.17. The molecule has 0 aliphatic heterocycles. The van der Waals surface area contributed by atoms with Gasteiger partial charge in [-0.25, -0.2) is 9.37 Å². The van der Waals surface area contributed by atoms with Crippen LogP contribution in [-0.2, 0) is 6.42 Å². The number of para-hydroxylation sites is 1. The zero-order chi connectivity index (χ0) is 14.4. The van der Waals surface area contributed by atoms with E-state index in [1.54, 1.807) is 24.3 Å². The number of nitrogens with one attached hydrogen (secondary N) is 1. The molecule has 1 N–H and O–H groups in total. The molecule has 0 fully saturated rings. The Morgan fingerprint density at radius 2 is 2.00 bits per heavy atom. The van der Waals surface area contributed by atoms with Crippen molar-refractivity contribution in [1.29, 1.82) is 0 Å². The van der Waals surface area contributed by atoms with Gasteiger partial charge < -0.3 is 10.1 Å². The summed E-state index contributed by atoms with van der Waals surface area (Å²) >= 11 is 0. The van der Waals surface area contributed by atoms with Crippen LogP contribution in [0.1, 0.15) is 26.1 Å². The van der Waals surface area contributed by atoms with Crippen molar-refractivity contribution in [3.8, 4) is 11.6 Å². The van der Waals surface area contributed by atoms with E-state index in [9.17, 15) is 4.39 Å². The van der Waals surface area contributed by atoms with Gasteiger partial charge in [0, 0.05) is 19.0 Å². The number of anilines is 1. The van der Waals surface area contributed by atoms with E-state index in [0.29, 0.717) is 23.9 Å². The molecule has 0 unspecified atom stereocenters. The third-order valence-electron chi connectivity index (χ3n) is 2.67. The second-order valence-corrected chi connectivity index (χ2v) is 4.32. The van der Waals surface area contributed by atoms with Crippen molar-refractivity contribution in [3.05, 3.63) is 42.0 Å². The maximum absolute atomic E-state index is 13.6. The van der Waals surface area contributed by atoms with Gasteiger partial charge in [-0.05, 0) is 18.6 Å². The average molecular weight is 275 g/mol. The van der Waals surface area contributed by atoms with Crippen molar-refractivity contribution in [1.82, 2.24) is 9.97 Å². The minimum Gasteiger partial charge on any atom is -0.436 e. The van der Waals surface area contributed by atoms with Gasteiger partial charge in [-0.3, -0.25) is 0 Å². The van der Waals surface area contributed by atoms with Crippen LogP contribution in [0.3, 0.4) is 0 Å². The highest BCUT2D eigenvalue weighted by molar-refractivity contribution is 5.40. The number of ether oxygens (including phenoxy) is 1. The second-order valence-electron chi connectivity index (χ2n) is 4.32. The van der Waals surface area contributed by atoms with E-state index in [1.807, 2.05) is 6.92 Å². The third kappa shape index (κ3) is 3.66. The molecule has 0 radical (unpaired) electrons. The number of hydrogen-bond acceptors (Lipinski definition) is 4. The Morgan fingerprint density at radius 3 is 2.70 bits per heavy atom. The van der Waals surface area contributed by atoms with Crippen LogP contribution >= 0.6 is 0 Å². The van der Waals surface area contributed by atoms with Gasteiger partial charge in [0.15, 0.2) is 11.6 Å². The molecule has 2 aromatic rings. The predicted molar refractivity (Wildman–Crippen MR) is 76.7 cm³/mol. The quantitative estimate of drug-likeness (QED) is 0.871. The zero-order valence-corrected chi connectivity index (χ0v) is 11.7. The van der Waals surface area contributed by atoms with Crippen molar-refractivity contribution in [2.45, 2.75) is 26.7 Å². The summed E-state index contributed by atoms with van der Waals surface area (Å²) in [4.78, 5) is 8.61. The van der Waals surface area contributed by atoms with Crippen LogP contribution in [0.2, 0.25) is 0 Å². The lowest BCUT2D eigenvalue weighted by molar-refractivity contribution is 0.425. The highest BCUT2D eigenvalue weighted by Gasteiger charge is 2.08. The molecule has 1 heterocycles. The standard InChI is InChI=1S/C15H18FN3O/c1-3-9-17-14-10-15(19-13(4-2)18-14)20-12-8-6-5-7-11(12)16/h5-8,10H,3-4,9H2,1-2H3,(H,17,18,19). The van der Waals surface area contributed by atoms with Crippen LogP contribution in [0.5, 0.6) is 11.6 Å². The molecule has 0 saturated heterocycles. The Labute approximate surface area is 118 Å². The second kappa shape index (κ2) is 6.84. The fourth-order valence-electron chi connectivity index (χ4n) is 1.67. The zero-order valence-electron chi connectivity index (χ0n) is 11.7. The maximum Gasteiger partial charge on any atom is 0.224 e. The maximum atomic E-state index is 13.6. The number of hydrogen-bond donors (Lipinski definition) is 1. The summed E-state index contributed by atoms with van der Waals surface area (Å²) in [6, 6.07) is 7.95. The lowest BCUT2D eigenvalue weighted by Crippen LogP contribution is -2.05. The molecule has 2 rings (SSSR count). The normalized spacial score (nSPS) is 10.3. The molecule has 0 spiro atoms. The SMILES string of the molecule is CCCNc1cc(Oc2ccccc2F)nc(CC)n1. The molecular weight excluding hydrogens is 257 g/mol. The van der Waals surface area contributed by atoms with Crippen LogP contribution in [0.25, 0.3) is 0 Å². The van der Waals surface area contributed by atoms with Crippen molar-refractivity contribution in [3.63, 3.8) is 0 Å². The van der Waals surface area contributed by atoms with Gasteiger partial charge in [0.2, 0.25) is 5.88 Å². The Morgan fingerprint density at radius 1 is 1.20 bits per heavy atom. The van der Waals surface area contributed by atoms with E-state index < -0.39 is 5.82 Å². The number of aryl methyl sites for hydroxylation is 1. The van der Waals surface area contributed by atoms with Crippen molar-refractivity contribution < 1.29 is 9.13 Å². The van der Waals surface area contributed by atoms with E-state index in [-0.39, 0.29) is 5.75 Å². The van der Waals surface area contributed by atoms with Crippen molar-refractivity contribution in [2.24, 2.45) is 0 Å². The van der Waals surface area contributed by atoms with Crippen LogP contribution in [-0.4, -0.2) is 16.5 Å². The Bertz CT molecular complexity index is 575. The molecule has 1 aromatic heterocycles. The molecule has 0 bridgehead atoms. The molecule has 106 valence electrons. The third-order valence-corrected chi connectivity index (χ3v) is 2.67. The minimum absolute atomic E-state index is 0.162. The van der Waals surface area contributed by atoms with Crippen LogP contribution < -0.4 is 10.1 Å². The first kappa shape index (κ1) is 14.2. The van der Waals surface area contributed by atoms with Gasteiger partial charge in [-0.15, -0.1) is 0 Å². The van der Waals surface area contributed by atoms with Gasteiger partial charge in [-0.2, -0.15) is 4.98 Å². The number of halogens is 1. The first-order valence-corrected chi connectivity index (χ1v) is 6.77. The molecular formula is C15H18FN3O. The topological polar surface area (TPSA) is 47.0 Å². The van der Waals surface area contributed by atoms with Gasteiger partial charge in [-0.1, -0.05) is 26.0 Å². The van der Waals surface area contributed by atoms with E-state index in [0.717, 1.165) is 13.0 Å². The van der Waals surface area contributed by atoms with E-state index in [2.05, 4.69) is 22.2 Å². The molecule has 0 aliphatic carbocycles. The van der Waals surface area contributed by atoms with Gasteiger partial charge in [0.05, 0.1) is 0 Å². The van der Waals surface area contributed by atoms with Crippen LogP contribution in [0.15, 0.2) is 30.3 Å². The lowest BCUT2D eigenvalue weighted by Gasteiger charge is -2.10. The highest BCUT2D eigenvalue weighted by Crippen LogP contribution is 2.24. The van der Waals surface area contributed by atoms with E-state index >= 15 is 0 Å². The molecule has 4 nitrogen and oxygen atoms in total. The summed E-state index contributed by atoms with van der Waals surface area (Å²) < 4.78 is 19.1. The molecule has 0 aliphatic rings. The summed E-state index contributed by atoms with van der Waals surface area (Å²) in [7, 11) is 0. The Balaban J connectivity index is 2.24. The first-order valence-electron chi connectivity index (χ1n) is 6.77. The first-order chi connectivity index (χ1) is 9.72. The fourth-order valence-corrected chi connectivity index (χ4v) is 1.67.